The minimum atomic E-state index is -1.03. The summed E-state index contributed by atoms with van der Waals surface area (Å²) < 4.78 is 15.2. The van der Waals surface area contributed by atoms with Gasteiger partial charge in [-0.3, -0.25) is 10.1 Å². The molecule has 1 aromatic carbocycles. The number of hydrogen-bond acceptors (Lipinski definition) is 5. The number of methoxy groups -OCH3 is 3. The molecule has 0 bridgehead atoms. The lowest BCUT2D eigenvalue weighted by atomic mass is 10.1. The summed E-state index contributed by atoms with van der Waals surface area (Å²) in [5.41, 5.74) is 0.410. The topological polar surface area (TPSA) is 77.0 Å². The van der Waals surface area contributed by atoms with Crippen molar-refractivity contribution in [1.29, 1.82) is 0 Å². The zero-order chi connectivity index (χ0) is 15.1. The summed E-state index contributed by atoms with van der Waals surface area (Å²) in [6.45, 7) is 0.785. The van der Waals surface area contributed by atoms with E-state index in [2.05, 4.69) is 5.32 Å². The zero-order valence-corrected chi connectivity index (χ0v) is 12.4. The van der Waals surface area contributed by atoms with Crippen LogP contribution in [0.3, 0.4) is 0 Å². The first-order chi connectivity index (χ1) is 9.56. The van der Waals surface area contributed by atoms with Gasteiger partial charge in [-0.1, -0.05) is 17.7 Å². The second-order valence-electron chi connectivity index (χ2n) is 3.92. The van der Waals surface area contributed by atoms with E-state index in [-0.39, 0.29) is 5.02 Å². The second kappa shape index (κ2) is 7.94. The molecule has 0 aliphatic carbocycles. The fourth-order valence-corrected chi connectivity index (χ4v) is 2.11. The summed E-state index contributed by atoms with van der Waals surface area (Å²) in [6, 6.07) is 2.27. The van der Waals surface area contributed by atoms with Crippen molar-refractivity contribution in [3.8, 4) is 11.5 Å². The molecule has 0 aromatic heterocycles. The molecule has 1 aromatic rings. The average Bonchev–Trinajstić information content (AvgIpc) is 2.43. The van der Waals surface area contributed by atoms with Gasteiger partial charge >= 0.3 is 5.97 Å². The predicted octanol–water partition coefficient (Wildman–Crippen LogP) is 1.72. The fraction of sp³-hybridized carbons (Fsp3) is 0.462. The van der Waals surface area contributed by atoms with Crippen LogP contribution in [0.15, 0.2) is 12.1 Å². The van der Waals surface area contributed by atoms with Gasteiger partial charge in [0.2, 0.25) is 0 Å². The Labute approximate surface area is 122 Å². The monoisotopic (exact) mass is 303 g/mol. The molecule has 0 fully saturated rings. The van der Waals surface area contributed by atoms with E-state index in [4.69, 9.17) is 25.8 Å². The van der Waals surface area contributed by atoms with E-state index in [1.165, 1.54) is 14.2 Å². The van der Waals surface area contributed by atoms with Crippen LogP contribution in [0.25, 0.3) is 0 Å². The molecule has 0 aliphatic heterocycles. The number of rotatable bonds is 8. The van der Waals surface area contributed by atoms with Crippen LogP contribution < -0.4 is 14.8 Å². The maximum atomic E-state index is 11.4. The molecule has 0 heterocycles. The molecule has 0 radical (unpaired) electrons. The third-order valence-corrected chi connectivity index (χ3v) is 3.12. The number of carboxylic acids is 1. The Morgan fingerprint density at radius 3 is 2.55 bits per heavy atom. The average molecular weight is 304 g/mol. The molecule has 0 spiro atoms. The van der Waals surface area contributed by atoms with Crippen LogP contribution in [-0.2, 0) is 9.53 Å². The molecule has 1 atom stereocenters. The summed E-state index contributed by atoms with van der Waals surface area (Å²) in [6.07, 6.45) is 0. The molecule has 2 N–H and O–H groups in total. The van der Waals surface area contributed by atoms with Crippen LogP contribution in [0, 0.1) is 0 Å². The highest BCUT2D eigenvalue weighted by molar-refractivity contribution is 6.33. The summed E-state index contributed by atoms with van der Waals surface area (Å²) in [4.78, 5) is 11.4. The van der Waals surface area contributed by atoms with Gasteiger partial charge in [-0.2, -0.15) is 0 Å². The van der Waals surface area contributed by atoms with Gasteiger partial charge < -0.3 is 19.3 Å². The van der Waals surface area contributed by atoms with E-state index >= 15 is 0 Å². The molecular weight excluding hydrogens is 286 g/mol. The molecular formula is C13H18ClNO5. The number of hydrogen-bond donors (Lipinski definition) is 2. The molecule has 0 aliphatic rings. The Morgan fingerprint density at radius 2 is 2.05 bits per heavy atom. The molecule has 0 saturated carbocycles. The van der Waals surface area contributed by atoms with Crippen molar-refractivity contribution in [1.82, 2.24) is 5.32 Å². The van der Waals surface area contributed by atoms with Crippen molar-refractivity contribution in [2.45, 2.75) is 6.04 Å². The highest BCUT2D eigenvalue weighted by Crippen LogP contribution is 2.39. The van der Waals surface area contributed by atoms with Gasteiger partial charge in [0.05, 0.1) is 25.8 Å². The quantitative estimate of drug-likeness (QED) is 0.712. The van der Waals surface area contributed by atoms with E-state index < -0.39 is 12.0 Å². The van der Waals surface area contributed by atoms with Crippen LogP contribution in [0.4, 0.5) is 0 Å². The lowest BCUT2D eigenvalue weighted by molar-refractivity contribution is -0.139. The van der Waals surface area contributed by atoms with Crippen LogP contribution in [0.2, 0.25) is 5.02 Å². The third-order valence-electron chi connectivity index (χ3n) is 2.73. The van der Waals surface area contributed by atoms with Gasteiger partial charge in [-0.15, -0.1) is 0 Å². The first-order valence-corrected chi connectivity index (χ1v) is 6.30. The Kier molecular flexibility index (Phi) is 6.57. The van der Waals surface area contributed by atoms with Gasteiger partial charge in [0, 0.05) is 19.2 Å². The second-order valence-corrected chi connectivity index (χ2v) is 4.30. The zero-order valence-electron chi connectivity index (χ0n) is 11.6. The van der Waals surface area contributed by atoms with Crippen molar-refractivity contribution < 1.29 is 24.1 Å². The first-order valence-electron chi connectivity index (χ1n) is 5.92. The minimum absolute atomic E-state index is 0.212. The van der Waals surface area contributed by atoms with E-state index in [0.717, 1.165) is 0 Å². The Bertz CT molecular complexity index is 466. The molecule has 112 valence electrons. The number of ether oxygens (including phenoxy) is 3. The number of nitrogens with one attached hydrogen (secondary N) is 1. The van der Waals surface area contributed by atoms with Crippen LogP contribution in [0.1, 0.15) is 11.6 Å². The minimum Gasteiger partial charge on any atom is -0.493 e. The standard InChI is InChI=1S/C13H18ClNO5/c1-18-7-6-15-11(13(16)17)8-4-5-9(19-2)12(20-3)10(8)14/h4-5,11,15H,6-7H2,1-3H3,(H,16,17). The maximum absolute atomic E-state index is 11.4. The molecule has 1 unspecified atom stereocenters. The van der Waals surface area contributed by atoms with Gasteiger partial charge in [0.1, 0.15) is 6.04 Å². The van der Waals surface area contributed by atoms with Crippen molar-refractivity contribution >= 4 is 17.6 Å². The van der Waals surface area contributed by atoms with E-state index in [0.29, 0.717) is 30.2 Å². The van der Waals surface area contributed by atoms with Crippen LogP contribution >= 0.6 is 11.6 Å². The number of benzene rings is 1. The van der Waals surface area contributed by atoms with E-state index in [9.17, 15) is 9.90 Å². The molecule has 0 amide bonds. The first kappa shape index (κ1) is 16.6. The smallest absolute Gasteiger partial charge is 0.325 e. The largest absolute Gasteiger partial charge is 0.493 e. The number of carboxylic acid groups (broad SMARTS) is 1. The Hall–Kier alpha value is -1.50. The highest BCUT2D eigenvalue weighted by Gasteiger charge is 2.25. The number of aliphatic carboxylic acids is 1. The molecule has 6 nitrogen and oxygen atoms in total. The van der Waals surface area contributed by atoms with Crippen molar-refractivity contribution in [2.24, 2.45) is 0 Å². The van der Waals surface area contributed by atoms with E-state index in [1.54, 1.807) is 19.2 Å². The van der Waals surface area contributed by atoms with Crippen LogP contribution in [0.5, 0.6) is 11.5 Å². The van der Waals surface area contributed by atoms with Crippen LogP contribution in [-0.4, -0.2) is 45.6 Å². The van der Waals surface area contributed by atoms with E-state index in [1.807, 2.05) is 0 Å². The Morgan fingerprint density at radius 1 is 1.35 bits per heavy atom. The summed E-state index contributed by atoms with van der Waals surface area (Å²) in [5, 5.41) is 12.4. The number of halogens is 1. The van der Waals surface area contributed by atoms with Gasteiger partial charge in [0.15, 0.2) is 11.5 Å². The Balaban J connectivity index is 3.10. The molecule has 1 rings (SSSR count). The maximum Gasteiger partial charge on any atom is 0.325 e. The van der Waals surface area contributed by atoms with Crippen molar-refractivity contribution in [3.63, 3.8) is 0 Å². The third kappa shape index (κ3) is 3.75. The highest BCUT2D eigenvalue weighted by atomic mass is 35.5. The molecule has 20 heavy (non-hydrogen) atoms. The fourth-order valence-electron chi connectivity index (χ4n) is 1.76. The van der Waals surface area contributed by atoms with Crippen molar-refractivity contribution in [2.75, 3.05) is 34.5 Å². The summed E-state index contributed by atoms with van der Waals surface area (Å²) >= 11 is 6.20. The normalized spacial score (nSPS) is 12.0. The lowest BCUT2D eigenvalue weighted by Gasteiger charge is -2.18. The van der Waals surface area contributed by atoms with Gasteiger partial charge in [-0.05, 0) is 6.07 Å². The number of carbonyl (C=O) groups is 1. The summed E-state index contributed by atoms with van der Waals surface area (Å²) in [7, 11) is 4.47. The SMILES string of the molecule is COCCNC(C(=O)O)c1ccc(OC)c(OC)c1Cl. The van der Waals surface area contributed by atoms with Gasteiger partial charge in [0.25, 0.3) is 0 Å². The molecule has 7 heteroatoms. The van der Waals surface area contributed by atoms with Gasteiger partial charge in [-0.25, -0.2) is 0 Å². The molecule has 0 saturated heterocycles. The lowest BCUT2D eigenvalue weighted by Crippen LogP contribution is -2.31. The predicted molar refractivity (Wildman–Crippen MR) is 74.8 cm³/mol. The summed E-state index contributed by atoms with van der Waals surface area (Å²) in [5.74, 6) is -0.274. The van der Waals surface area contributed by atoms with Crippen molar-refractivity contribution in [3.05, 3.63) is 22.7 Å².